The van der Waals surface area contributed by atoms with Crippen LogP contribution >= 0.6 is 0 Å². The molecule has 0 amide bonds. The molecule has 0 bridgehead atoms. The molecule has 0 aliphatic rings. The lowest BCUT2D eigenvalue weighted by molar-refractivity contribution is 0.623. The van der Waals surface area contributed by atoms with Gasteiger partial charge in [-0.1, -0.05) is 176 Å². The third-order valence-electron chi connectivity index (χ3n) is 11.7. The number of benzene rings is 10. The van der Waals surface area contributed by atoms with Crippen LogP contribution in [0.3, 0.4) is 0 Å². The summed E-state index contributed by atoms with van der Waals surface area (Å²) in [6.45, 7) is 0. The molecule has 5 heteroatoms. The second-order valence-electron chi connectivity index (χ2n) is 15.4. The molecule has 0 aliphatic carbocycles. The first-order valence-corrected chi connectivity index (χ1v) is 20.5. The van der Waals surface area contributed by atoms with E-state index in [9.17, 15) is 0 Å². The van der Waals surface area contributed by atoms with Crippen LogP contribution in [0.5, 0.6) is 0 Å². The molecule has 10 aromatic carbocycles. The summed E-state index contributed by atoms with van der Waals surface area (Å²) in [5, 5.41) is 8.84. The fraction of sp³-hybridized carbons (Fsp3) is 0. The van der Waals surface area contributed by atoms with Gasteiger partial charge in [0.1, 0.15) is 5.52 Å². The third kappa shape index (κ3) is 6.10. The molecule has 0 spiro atoms. The highest BCUT2D eigenvalue weighted by Gasteiger charge is 2.18. The van der Waals surface area contributed by atoms with E-state index < -0.39 is 0 Å². The molecule has 0 aliphatic heterocycles. The minimum absolute atomic E-state index is 0.609. The lowest BCUT2D eigenvalue weighted by Gasteiger charge is -2.12. The highest BCUT2D eigenvalue weighted by Crippen LogP contribution is 2.40. The van der Waals surface area contributed by atoms with Crippen molar-refractivity contribution in [2.24, 2.45) is 0 Å². The number of hydrogen-bond donors (Lipinski definition) is 0. The summed E-state index contributed by atoms with van der Waals surface area (Å²) >= 11 is 0. The molecule has 0 saturated heterocycles. The van der Waals surface area contributed by atoms with E-state index in [1.165, 1.54) is 11.1 Å². The summed E-state index contributed by atoms with van der Waals surface area (Å²) in [4.78, 5) is 20.4. The highest BCUT2D eigenvalue weighted by atomic mass is 16.3. The average molecular weight is 779 g/mol. The summed E-state index contributed by atoms with van der Waals surface area (Å²) in [6.07, 6.45) is 0. The quantitative estimate of drug-likeness (QED) is 0.157. The van der Waals surface area contributed by atoms with Crippen LogP contribution in [0, 0.1) is 0 Å². The van der Waals surface area contributed by atoms with Gasteiger partial charge < -0.3 is 4.42 Å². The summed E-state index contributed by atoms with van der Waals surface area (Å²) < 4.78 is 6.58. The number of hydrogen-bond acceptors (Lipinski definition) is 5. The molecular weight excluding hydrogens is 745 g/mol. The number of fused-ring (bicyclic) bond motifs is 8. The fourth-order valence-corrected chi connectivity index (χ4v) is 8.69. The van der Waals surface area contributed by atoms with Gasteiger partial charge in [-0.25, -0.2) is 19.9 Å². The molecule has 5 nitrogen and oxygen atoms in total. The Bertz CT molecular complexity index is 3630. The molecule has 12 aromatic rings. The zero-order valence-electron chi connectivity index (χ0n) is 32.8. The lowest BCUT2D eigenvalue weighted by Crippen LogP contribution is -2.00. The molecule has 2 heterocycles. The van der Waals surface area contributed by atoms with Crippen molar-refractivity contribution in [2.75, 3.05) is 0 Å². The molecule has 0 atom stereocenters. The Labute approximate surface area is 351 Å². The van der Waals surface area contributed by atoms with Crippen molar-refractivity contribution in [1.29, 1.82) is 0 Å². The minimum Gasteiger partial charge on any atom is -0.435 e. The average Bonchev–Trinajstić information content (AvgIpc) is 3.79. The first kappa shape index (κ1) is 34.7. The minimum atomic E-state index is 0.609. The van der Waals surface area contributed by atoms with E-state index in [0.717, 1.165) is 87.6 Å². The second kappa shape index (κ2) is 14.2. The lowest BCUT2D eigenvalue weighted by atomic mass is 9.95. The number of nitrogens with zero attached hydrogens (tertiary/aromatic N) is 4. The summed E-state index contributed by atoms with van der Waals surface area (Å²) in [6, 6.07) is 71.8. The van der Waals surface area contributed by atoms with Gasteiger partial charge in [-0.15, -0.1) is 0 Å². The Hall–Kier alpha value is -8.28. The second-order valence-corrected chi connectivity index (χ2v) is 15.4. The van der Waals surface area contributed by atoms with Crippen LogP contribution in [0.15, 0.2) is 211 Å². The van der Waals surface area contributed by atoms with Crippen molar-refractivity contribution in [3.8, 4) is 67.9 Å². The molecule has 0 fully saturated rings. The first-order chi connectivity index (χ1) is 30.2. The van der Waals surface area contributed by atoms with Gasteiger partial charge in [0.2, 0.25) is 5.89 Å². The molecule has 2 aromatic heterocycles. The van der Waals surface area contributed by atoms with Crippen LogP contribution < -0.4 is 0 Å². The van der Waals surface area contributed by atoms with E-state index >= 15 is 0 Å². The van der Waals surface area contributed by atoms with Crippen molar-refractivity contribution < 1.29 is 4.42 Å². The fourth-order valence-electron chi connectivity index (χ4n) is 8.69. The molecular formula is C56H34N4O. The normalized spacial score (nSPS) is 11.6. The Kier molecular flexibility index (Phi) is 8.10. The van der Waals surface area contributed by atoms with E-state index in [2.05, 4.69) is 164 Å². The zero-order chi connectivity index (χ0) is 40.3. The van der Waals surface area contributed by atoms with E-state index in [1.807, 2.05) is 42.5 Å². The molecule has 12 rings (SSSR count). The van der Waals surface area contributed by atoms with Crippen molar-refractivity contribution in [1.82, 2.24) is 19.9 Å². The van der Waals surface area contributed by atoms with Crippen LogP contribution in [-0.2, 0) is 0 Å². The van der Waals surface area contributed by atoms with Gasteiger partial charge >= 0.3 is 0 Å². The van der Waals surface area contributed by atoms with Gasteiger partial charge in [-0.3, -0.25) is 0 Å². The Morgan fingerprint density at radius 2 is 0.852 bits per heavy atom. The van der Waals surface area contributed by atoms with Crippen molar-refractivity contribution in [3.63, 3.8) is 0 Å². The smallest absolute Gasteiger partial charge is 0.227 e. The van der Waals surface area contributed by atoms with Crippen LogP contribution in [0.1, 0.15) is 0 Å². The van der Waals surface area contributed by atoms with Gasteiger partial charge in [0, 0.05) is 33.0 Å². The molecule has 0 N–H and O–H groups in total. The van der Waals surface area contributed by atoms with Crippen LogP contribution in [0.25, 0.3) is 122 Å². The molecule has 0 unspecified atom stereocenters. The van der Waals surface area contributed by atoms with Gasteiger partial charge in [0.05, 0.1) is 0 Å². The SMILES string of the molecule is c1ccc(-c2cccc(-c3ccc(-c4nc(-c5ccc6c(ccc7ccc8ccc9nc(-c%10ccccc%10)oc9c8c76)c5)nc(-c5cccc6ccccc56)n4)cc3)c2)cc1. The molecule has 284 valence electrons. The number of rotatable bonds is 6. The number of oxazole rings is 1. The molecule has 61 heavy (non-hydrogen) atoms. The predicted octanol–water partition coefficient (Wildman–Crippen LogP) is 14.6. The van der Waals surface area contributed by atoms with E-state index in [4.69, 9.17) is 24.4 Å². The van der Waals surface area contributed by atoms with Gasteiger partial charge in [-0.2, -0.15) is 0 Å². The summed E-state index contributed by atoms with van der Waals surface area (Å²) in [7, 11) is 0. The van der Waals surface area contributed by atoms with E-state index in [1.54, 1.807) is 0 Å². The van der Waals surface area contributed by atoms with E-state index in [-0.39, 0.29) is 0 Å². The predicted molar refractivity (Wildman–Crippen MR) is 250 cm³/mol. The maximum absolute atomic E-state index is 6.58. The maximum atomic E-state index is 6.58. The van der Waals surface area contributed by atoms with E-state index in [0.29, 0.717) is 23.4 Å². The first-order valence-electron chi connectivity index (χ1n) is 20.5. The summed E-state index contributed by atoms with van der Waals surface area (Å²) in [5.41, 5.74) is 10.0. The monoisotopic (exact) mass is 778 g/mol. The van der Waals surface area contributed by atoms with Crippen molar-refractivity contribution in [3.05, 3.63) is 206 Å². The Morgan fingerprint density at radius 1 is 0.295 bits per heavy atom. The van der Waals surface area contributed by atoms with Crippen molar-refractivity contribution in [2.45, 2.75) is 0 Å². The van der Waals surface area contributed by atoms with Crippen LogP contribution in [0.4, 0.5) is 0 Å². The van der Waals surface area contributed by atoms with Gasteiger partial charge in [0.15, 0.2) is 23.1 Å². The van der Waals surface area contributed by atoms with Crippen LogP contribution in [-0.4, -0.2) is 19.9 Å². The molecule has 0 radical (unpaired) electrons. The zero-order valence-corrected chi connectivity index (χ0v) is 32.8. The van der Waals surface area contributed by atoms with Crippen LogP contribution in [0.2, 0.25) is 0 Å². The Balaban J connectivity index is 1.000. The standard InChI is InChI=1S/C56H34N4O/c1-3-11-35(12-4-1)42-17-9-18-43(33-42)36-21-26-40(27-22-36)53-58-54(60-55(59-53)48-20-10-16-37-13-7-8-19-46(37)48)45-29-31-47-44(34-45)28-25-38-23-24-39-30-32-49-52(51(39)50(38)47)61-56(57-49)41-14-5-2-6-15-41/h1-34H. The third-order valence-corrected chi connectivity index (χ3v) is 11.7. The Morgan fingerprint density at radius 3 is 1.64 bits per heavy atom. The largest absolute Gasteiger partial charge is 0.435 e. The highest BCUT2D eigenvalue weighted by molar-refractivity contribution is 6.26. The number of aromatic nitrogens is 4. The maximum Gasteiger partial charge on any atom is 0.227 e. The molecule has 0 saturated carbocycles. The van der Waals surface area contributed by atoms with Crippen molar-refractivity contribution >= 4 is 54.2 Å². The van der Waals surface area contributed by atoms with Gasteiger partial charge in [0.25, 0.3) is 0 Å². The summed E-state index contributed by atoms with van der Waals surface area (Å²) in [5.74, 6) is 2.46. The van der Waals surface area contributed by atoms with Gasteiger partial charge in [-0.05, 0) is 84.9 Å². The topological polar surface area (TPSA) is 64.7 Å².